The number of ketones is 1. The Kier molecular flexibility index (Phi) is 2.95. The fraction of sp³-hybridized carbons (Fsp3) is 0. The number of azide groups is 1. The van der Waals surface area contributed by atoms with Crippen molar-refractivity contribution in [1.82, 2.24) is 0 Å². The third kappa shape index (κ3) is 2.13. The molecule has 5 heteroatoms. The summed E-state index contributed by atoms with van der Waals surface area (Å²) in [5.74, 6) is 0.0939. The van der Waals surface area contributed by atoms with E-state index in [0.717, 1.165) is 5.39 Å². The average molecular weight is 263 g/mol. The second-order valence-electron chi connectivity index (χ2n) is 4.21. The van der Waals surface area contributed by atoms with Crippen molar-refractivity contribution in [1.29, 1.82) is 0 Å². The lowest BCUT2D eigenvalue weighted by Gasteiger charge is -1.97. The Balaban J connectivity index is 1.97. The van der Waals surface area contributed by atoms with E-state index >= 15 is 0 Å². The van der Waals surface area contributed by atoms with E-state index in [-0.39, 0.29) is 5.78 Å². The van der Waals surface area contributed by atoms with Crippen LogP contribution in [-0.4, -0.2) is 5.78 Å². The molecule has 1 heterocycles. The fourth-order valence-corrected chi connectivity index (χ4v) is 1.97. The van der Waals surface area contributed by atoms with Crippen molar-refractivity contribution in [2.75, 3.05) is 0 Å². The van der Waals surface area contributed by atoms with Crippen molar-refractivity contribution in [2.45, 2.75) is 0 Å². The molecule has 0 unspecified atom stereocenters. The number of carbonyl (C=O) groups excluding carboxylic acids is 1. The molecule has 0 spiro atoms. The first-order chi connectivity index (χ1) is 9.78. The fourth-order valence-electron chi connectivity index (χ4n) is 1.97. The smallest absolute Gasteiger partial charge is 0.228 e. The van der Waals surface area contributed by atoms with E-state index in [1.54, 1.807) is 30.3 Å². The summed E-state index contributed by atoms with van der Waals surface area (Å²) < 4.78 is 5.53. The quantitative estimate of drug-likeness (QED) is 0.299. The first-order valence-corrected chi connectivity index (χ1v) is 5.96. The molecule has 1 aromatic heterocycles. The van der Waals surface area contributed by atoms with Gasteiger partial charge >= 0.3 is 0 Å². The first kappa shape index (κ1) is 12.0. The molecule has 0 aliphatic carbocycles. The van der Waals surface area contributed by atoms with Gasteiger partial charge < -0.3 is 4.42 Å². The van der Waals surface area contributed by atoms with E-state index in [4.69, 9.17) is 9.95 Å². The van der Waals surface area contributed by atoms with Crippen LogP contribution in [0.1, 0.15) is 16.1 Å². The van der Waals surface area contributed by atoms with Gasteiger partial charge in [-0.2, -0.15) is 0 Å². The van der Waals surface area contributed by atoms with Crippen molar-refractivity contribution in [3.05, 3.63) is 76.4 Å². The molecule has 96 valence electrons. The molecule has 0 aliphatic rings. The van der Waals surface area contributed by atoms with Crippen molar-refractivity contribution in [2.24, 2.45) is 5.11 Å². The summed E-state index contributed by atoms with van der Waals surface area (Å²) in [5.41, 5.74) is 9.97. The molecule has 0 saturated carbocycles. The number of rotatable bonds is 3. The summed E-state index contributed by atoms with van der Waals surface area (Å²) >= 11 is 0. The van der Waals surface area contributed by atoms with E-state index in [0.29, 0.717) is 22.6 Å². The Bertz CT molecular complexity index is 795. The van der Waals surface area contributed by atoms with Crippen molar-refractivity contribution < 1.29 is 9.21 Å². The third-order valence-corrected chi connectivity index (χ3v) is 2.94. The minimum absolute atomic E-state index is 0.200. The molecular weight excluding hydrogens is 254 g/mol. The topological polar surface area (TPSA) is 79.0 Å². The van der Waals surface area contributed by atoms with E-state index in [1.165, 1.54) is 0 Å². The normalized spacial score (nSPS) is 10.2. The lowest BCUT2D eigenvalue weighted by molar-refractivity contribution is 0.101. The maximum Gasteiger partial charge on any atom is 0.228 e. The van der Waals surface area contributed by atoms with Crippen LogP contribution in [0.25, 0.3) is 21.4 Å². The van der Waals surface area contributed by atoms with Crippen LogP contribution in [-0.2, 0) is 0 Å². The van der Waals surface area contributed by atoms with Gasteiger partial charge in [0.2, 0.25) is 5.78 Å². The molecular formula is C15H9N3O2. The molecule has 3 rings (SSSR count). The van der Waals surface area contributed by atoms with Gasteiger partial charge in [-0.15, -0.1) is 0 Å². The van der Waals surface area contributed by atoms with Crippen LogP contribution in [0.5, 0.6) is 0 Å². The van der Waals surface area contributed by atoms with Crippen LogP contribution < -0.4 is 0 Å². The summed E-state index contributed by atoms with van der Waals surface area (Å²) in [7, 11) is 0. The molecule has 20 heavy (non-hydrogen) atoms. The van der Waals surface area contributed by atoms with Crippen molar-refractivity contribution >= 4 is 22.4 Å². The number of carbonyl (C=O) groups is 1. The number of para-hydroxylation sites is 1. The number of fused-ring (bicyclic) bond motifs is 1. The van der Waals surface area contributed by atoms with Gasteiger partial charge in [0.1, 0.15) is 5.58 Å². The predicted octanol–water partition coefficient (Wildman–Crippen LogP) is 4.61. The van der Waals surface area contributed by atoms with Gasteiger partial charge in [-0.1, -0.05) is 47.6 Å². The van der Waals surface area contributed by atoms with Crippen LogP contribution in [0.3, 0.4) is 0 Å². The molecule has 0 fully saturated rings. The summed E-state index contributed by atoms with van der Waals surface area (Å²) in [6.45, 7) is 0. The monoisotopic (exact) mass is 263 g/mol. The maximum atomic E-state index is 12.3. The Morgan fingerprint density at radius 1 is 1.10 bits per heavy atom. The van der Waals surface area contributed by atoms with E-state index in [2.05, 4.69) is 10.0 Å². The lowest BCUT2D eigenvalue weighted by Crippen LogP contribution is -1.98. The average Bonchev–Trinajstić information content (AvgIpc) is 2.91. The highest BCUT2D eigenvalue weighted by Crippen LogP contribution is 2.22. The third-order valence-electron chi connectivity index (χ3n) is 2.94. The minimum Gasteiger partial charge on any atom is -0.453 e. The zero-order valence-electron chi connectivity index (χ0n) is 10.4. The van der Waals surface area contributed by atoms with Crippen molar-refractivity contribution in [3.8, 4) is 0 Å². The van der Waals surface area contributed by atoms with Crippen LogP contribution in [0, 0.1) is 0 Å². The Hall–Kier alpha value is -3.04. The lowest BCUT2D eigenvalue weighted by atomic mass is 10.1. The van der Waals surface area contributed by atoms with Crippen LogP contribution >= 0.6 is 0 Å². The van der Waals surface area contributed by atoms with Gasteiger partial charge in [-0.05, 0) is 17.7 Å². The number of hydrogen-bond acceptors (Lipinski definition) is 3. The molecule has 0 aliphatic heterocycles. The van der Waals surface area contributed by atoms with Gasteiger partial charge in [0.15, 0.2) is 5.76 Å². The van der Waals surface area contributed by atoms with Gasteiger partial charge in [0.05, 0.1) is 0 Å². The van der Waals surface area contributed by atoms with Crippen LogP contribution in [0.2, 0.25) is 0 Å². The highest BCUT2D eigenvalue weighted by molar-refractivity contribution is 6.09. The van der Waals surface area contributed by atoms with Gasteiger partial charge in [0.25, 0.3) is 0 Å². The molecule has 2 aromatic carbocycles. The van der Waals surface area contributed by atoms with Gasteiger partial charge in [0, 0.05) is 21.5 Å². The van der Waals surface area contributed by atoms with Crippen molar-refractivity contribution in [3.63, 3.8) is 0 Å². The standard InChI is InChI=1S/C15H9N3O2/c16-18-17-12-7-5-10(6-8-12)15(19)14-9-11-3-1-2-4-13(11)20-14/h1-9H. The molecule has 3 aromatic rings. The zero-order valence-corrected chi connectivity index (χ0v) is 10.4. The van der Waals surface area contributed by atoms with E-state index in [1.807, 2.05) is 24.3 Å². The van der Waals surface area contributed by atoms with E-state index in [9.17, 15) is 4.79 Å². The Morgan fingerprint density at radius 2 is 1.85 bits per heavy atom. The summed E-state index contributed by atoms with van der Waals surface area (Å²) in [6.07, 6.45) is 0. The molecule has 0 saturated heterocycles. The summed E-state index contributed by atoms with van der Waals surface area (Å²) in [5, 5.41) is 4.35. The SMILES string of the molecule is [N-]=[N+]=Nc1ccc(C(=O)c2cc3ccccc3o2)cc1. The van der Waals surface area contributed by atoms with Gasteiger partial charge in [-0.25, -0.2) is 0 Å². The Labute approximate surface area is 114 Å². The molecule has 0 atom stereocenters. The molecule has 0 radical (unpaired) electrons. The molecule has 5 nitrogen and oxygen atoms in total. The summed E-state index contributed by atoms with van der Waals surface area (Å²) in [6, 6.07) is 15.6. The zero-order chi connectivity index (χ0) is 13.9. The second-order valence-corrected chi connectivity index (χ2v) is 4.21. The number of hydrogen-bond donors (Lipinski definition) is 0. The highest BCUT2D eigenvalue weighted by atomic mass is 16.3. The van der Waals surface area contributed by atoms with Gasteiger partial charge in [-0.3, -0.25) is 4.79 Å². The predicted molar refractivity (Wildman–Crippen MR) is 74.9 cm³/mol. The summed E-state index contributed by atoms with van der Waals surface area (Å²) in [4.78, 5) is 15.0. The van der Waals surface area contributed by atoms with Crippen LogP contribution in [0.4, 0.5) is 5.69 Å². The molecule has 0 bridgehead atoms. The van der Waals surface area contributed by atoms with E-state index < -0.39 is 0 Å². The maximum absolute atomic E-state index is 12.3. The second kappa shape index (κ2) is 4.91. The molecule has 0 amide bonds. The highest BCUT2D eigenvalue weighted by Gasteiger charge is 2.14. The number of benzene rings is 2. The number of nitrogens with zero attached hydrogens (tertiary/aromatic N) is 3. The Morgan fingerprint density at radius 3 is 2.55 bits per heavy atom. The minimum atomic E-state index is -0.200. The van der Waals surface area contributed by atoms with Crippen LogP contribution in [0.15, 0.2) is 64.1 Å². The number of furan rings is 1. The largest absolute Gasteiger partial charge is 0.453 e. The molecule has 0 N–H and O–H groups in total. The first-order valence-electron chi connectivity index (χ1n) is 5.96.